The van der Waals surface area contributed by atoms with Crippen LogP contribution in [0.3, 0.4) is 0 Å². The van der Waals surface area contributed by atoms with Crippen LogP contribution in [0, 0.1) is 0 Å². The van der Waals surface area contributed by atoms with Crippen molar-refractivity contribution in [1.82, 2.24) is 24.4 Å². The van der Waals surface area contributed by atoms with Crippen molar-refractivity contribution in [3.05, 3.63) is 5.38 Å². The summed E-state index contributed by atoms with van der Waals surface area (Å²) >= 11 is 2.39. The molecule has 0 spiro atoms. The first-order valence-electron chi connectivity index (χ1n) is 5.16. The van der Waals surface area contributed by atoms with Crippen LogP contribution in [0.25, 0.3) is 11.5 Å². The van der Waals surface area contributed by atoms with Gasteiger partial charge >= 0.3 is 5.97 Å². The molecule has 0 radical (unpaired) electrons. The average Bonchev–Trinajstić information content (AvgIpc) is 2.94. The number of carboxylic acid groups (broad SMARTS) is 1. The predicted octanol–water partition coefficient (Wildman–Crippen LogP) is 1.55. The van der Waals surface area contributed by atoms with Crippen molar-refractivity contribution in [3.8, 4) is 11.5 Å². The Hall–Kier alpha value is -1.48. The quantitative estimate of drug-likeness (QED) is 0.833. The fourth-order valence-electron chi connectivity index (χ4n) is 1.40. The van der Waals surface area contributed by atoms with Gasteiger partial charge in [-0.25, -0.2) is 0 Å². The summed E-state index contributed by atoms with van der Waals surface area (Å²) in [5.74, 6) is -0.304. The van der Waals surface area contributed by atoms with Gasteiger partial charge in [0, 0.05) is 11.4 Å². The molecule has 0 bridgehead atoms. The summed E-state index contributed by atoms with van der Waals surface area (Å²) in [5.41, 5.74) is 0.656. The van der Waals surface area contributed by atoms with E-state index < -0.39 is 5.97 Å². The van der Waals surface area contributed by atoms with E-state index in [-0.39, 0.29) is 11.8 Å². The van der Waals surface area contributed by atoms with Crippen molar-refractivity contribution in [1.29, 1.82) is 0 Å². The molecule has 9 heteroatoms. The number of hydrogen-bond acceptors (Lipinski definition) is 7. The molecule has 0 aromatic carbocycles. The number of aliphatic carboxylic acids is 1. The van der Waals surface area contributed by atoms with Crippen LogP contribution >= 0.6 is 23.3 Å². The molecule has 2 aromatic heterocycles. The zero-order valence-electron chi connectivity index (χ0n) is 9.77. The van der Waals surface area contributed by atoms with Crippen LogP contribution in [0.5, 0.6) is 0 Å². The molecule has 0 unspecified atom stereocenters. The first-order chi connectivity index (χ1) is 8.59. The molecule has 18 heavy (non-hydrogen) atoms. The fourth-order valence-corrected chi connectivity index (χ4v) is 2.63. The third kappa shape index (κ3) is 2.67. The molecule has 1 N–H and O–H groups in total. The molecule has 0 amide bonds. The molecule has 2 heterocycles. The van der Waals surface area contributed by atoms with E-state index >= 15 is 0 Å². The van der Waals surface area contributed by atoms with Gasteiger partial charge in [-0.2, -0.15) is 0 Å². The van der Waals surface area contributed by atoms with Gasteiger partial charge in [0.15, 0.2) is 11.0 Å². The average molecular weight is 285 g/mol. The monoisotopic (exact) mass is 285 g/mol. The number of rotatable bonds is 5. The van der Waals surface area contributed by atoms with Crippen LogP contribution in [-0.2, 0) is 4.79 Å². The standard InChI is InChI=1S/C9H11N5O2S2/c1-5(2)14-8(6-3-18-13-10-6)11-12-9(14)17-4-7(15)16/h3,5H,4H2,1-2H3,(H,15,16). The van der Waals surface area contributed by atoms with E-state index in [0.29, 0.717) is 16.7 Å². The summed E-state index contributed by atoms with van der Waals surface area (Å²) < 4.78 is 5.66. The highest BCUT2D eigenvalue weighted by molar-refractivity contribution is 7.99. The SMILES string of the molecule is CC(C)n1c(SCC(=O)O)nnc1-c1csnn1. The van der Waals surface area contributed by atoms with Gasteiger partial charge in [-0.3, -0.25) is 9.36 Å². The first kappa shape index (κ1) is 13.0. The highest BCUT2D eigenvalue weighted by Gasteiger charge is 2.19. The maximum absolute atomic E-state index is 10.6. The molecule has 0 atom stereocenters. The number of aromatic nitrogens is 5. The van der Waals surface area contributed by atoms with Crippen LogP contribution in [0.2, 0.25) is 0 Å². The first-order valence-corrected chi connectivity index (χ1v) is 6.98. The number of nitrogens with zero attached hydrogens (tertiary/aromatic N) is 5. The minimum Gasteiger partial charge on any atom is -0.481 e. The van der Waals surface area contributed by atoms with Crippen LogP contribution in [0.1, 0.15) is 19.9 Å². The Morgan fingerprint density at radius 2 is 2.28 bits per heavy atom. The van der Waals surface area contributed by atoms with Crippen LogP contribution in [0.4, 0.5) is 0 Å². The third-order valence-electron chi connectivity index (χ3n) is 2.09. The van der Waals surface area contributed by atoms with Gasteiger partial charge < -0.3 is 5.11 Å². The van der Waals surface area contributed by atoms with Gasteiger partial charge in [-0.15, -0.1) is 15.3 Å². The molecule has 2 rings (SSSR count). The molecule has 7 nitrogen and oxygen atoms in total. The smallest absolute Gasteiger partial charge is 0.313 e. The van der Waals surface area contributed by atoms with Crippen molar-refractivity contribution in [3.63, 3.8) is 0 Å². The Kier molecular flexibility index (Phi) is 3.92. The molecular weight excluding hydrogens is 274 g/mol. The van der Waals surface area contributed by atoms with E-state index in [4.69, 9.17) is 5.11 Å². The third-order valence-corrected chi connectivity index (χ3v) is 3.53. The summed E-state index contributed by atoms with van der Waals surface area (Å²) in [6, 6.07) is 0.119. The van der Waals surface area contributed by atoms with Gasteiger partial charge in [0.2, 0.25) is 0 Å². The second kappa shape index (κ2) is 5.44. The van der Waals surface area contributed by atoms with Crippen LogP contribution < -0.4 is 0 Å². The van der Waals surface area contributed by atoms with E-state index in [2.05, 4.69) is 19.8 Å². The van der Waals surface area contributed by atoms with Crippen LogP contribution in [-0.4, -0.2) is 41.2 Å². The lowest BCUT2D eigenvalue weighted by Crippen LogP contribution is -2.07. The van der Waals surface area contributed by atoms with Crippen molar-refractivity contribution < 1.29 is 9.90 Å². The number of carbonyl (C=O) groups is 1. The Morgan fingerprint density at radius 3 is 2.83 bits per heavy atom. The Balaban J connectivity index is 2.34. The number of hydrogen-bond donors (Lipinski definition) is 1. The summed E-state index contributed by atoms with van der Waals surface area (Å²) in [7, 11) is 0. The Morgan fingerprint density at radius 1 is 1.50 bits per heavy atom. The maximum Gasteiger partial charge on any atom is 0.313 e. The van der Waals surface area contributed by atoms with E-state index in [1.165, 1.54) is 11.5 Å². The van der Waals surface area contributed by atoms with E-state index in [1.807, 2.05) is 18.4 Å². The summed E-state index contributed by atoms with van der Waals surface area (Å²) in [5, 5.41) is 23.1. The Bertz CT molecular complexity index is 537. The molecule has 0 saturated heterocycles. The molecule has 2 aromatic rings. The van der Waals surface area contributed by atoms with Crippen LogP contribution in [0.15, 0.2) is 10.5 Å². The molecule has 96 valence electrons. The fraction of sp³-hybridized carbons (Fsp3) is 0.444. The molecule has 0 aliphatic carbocycles. The second-order valence-electron chi connectivity index (χ2n) is 3.74. The van der Waals surface area contributed by atoms with Gasteiger partial charge in [-0.05, 0) is 25.4 Å². The normalized spacial score (nSPS) is 11.1. The lowest BCUT2D eigenvalue weighted by atomic mass is 10.3. The minimum absolute atomic E-state index is 0.0415. The molecule has 0 aliphatic rings. The van der Waals surface area contributed by atoms with Crippen molar-refractivity contribution in [2.45, 2.75) is 25.0 Å². The summed E-state index contributed by atoms with van der Waals surface area (Å²) in [4.78, 5) is 10.6. The van der Waals surface area contributed by atoms with E-state index in [0.717, 1.165) is 11.8 Å². The van der Waals surface area contributed by atoms with Gasteiger partial charge in [0.05, 0.1) is 5.75 Å². The van der Waals surface area contributed by atoms with Crippen molar-refractivity contribution >= 4 is 29.3 Å². The zero-order chi connectivity index (χ0) is 13.1. The Labute approximate surface area is 111 Å². The number of thioether (sulfide) groups is 1. The van der Waals surface area contributed by atoms with E-state index in [9.17, 15) is 4.79 Å². The number of carboxylic acids is 1. The predicted molar refractivity (Wildman–Crippen MR) is 67.7 cm³/mol. The summed E-state index contributed by atoms with van der Waals surface area (Å²) in [6.07, 6.45) is 0. The highest BCUT2D eigenvalue weighted by Crippen LogP contribution is 2.26. The van der Waals surface area contributed by atoms with Gasteiger partial charge in [0.25, 0.3) is 0 Å². The second-order valence-corrected chi connectivity index (χ2v) is 5.29. The van der Waals surface area contributed by atoms with Gasteiger partial charge in [-0.1, -0.05) is 16.3 Å². The summed E-state index contributed by atoms with van der Waals surface area (Å²) in [6.45, 7) is 3.97. The molecular formula is C9H11N5O2S2. The maximum atomic E-state index is 10.6. The molecule has 0 saturated carbocycles. The highest BCUT2D eigenvalue weighted by atomic mass is 32.2. The zero-order valence-corrected chi connectivity index (χ0v) is 11.4. The lowest BCUT2D eigenvalue weighted by Gasteiger charge is -2.11. The van der Waals surface area contributed by atoms with Gasteiger partial charge in [0.1, 0.15) is 5.69 Å². The lowest BCUT2D eigenvalue weighted by molar-refractivity contribution is -0.133. The molecule has 0 aliphatic heterocycles. The largest absolute Gasteiger partial charge is 0.481 e. The topological polar surface area (TPSA) is 93.8 Å². The minimum atomic E-state index is -0.879. The molecule has 0 fully saturated rings. The van der Waals surface area contributed by atoms with Crippen molar-refractivity contribution in [2.24, 2.45) is 0 Å². The van der Waals surface area contributed by atoms with E-state index in [1.54, 1.807) is 5.38 Å². The van der Waals surface area contributed by atoms with Crippen molar-refractivity contribution in [2.75, 3.05) is 5.75 Å².